The van der Waals surface area contributed by atoms with Gasteiger partial charge in [0.2, 0.25) is 9.76 Å². The van der Waals surface area contributed by atoms with Gasteiger partial charge in [-0.25, -0.2) is 0 Å². The maximum absolute atomic E-state index is 10.2. The molecule has 4 heteroatoms. The summed E-state index contributed by atoms with van der Waals surface area (Å²) >= 11 is 0. The Balaban J connectivity index is 1.86. The summed E-state index contributed by atoms with van der Waals surface area (Å²) in [5, 5.41) is 0. The molecule has 0 spiro atoms. The third-order valence-corrected chi connectivity index (χ3v) is 2.64. The van der Waals surface area contributed by atoms with Crippen LogP contribution in [-0.2, 0) is 14.0 Å². The van der Waals surface area contributed by atoms with Crippen LogP contribution in [0.4, 0.5) is 0 Å². The highest BCUT2D eigenvalue weighted by Crippen LogP contribution is 2.12. The van der Waals surface area contributed by atoms with Crippen molar-refractivity contribution in [1.82, 2.24) is 0 Å². The highest BCUT2D eigenvalue weighted by molar-refractivity contribution is 6.30. The average Bonchev–Trinajstić information content (AvgIpc) is 2.48. The molecule has 0 aliphatic carbocycles. The lowest BCUT2D eigenvalue weighted by Gasteiger charge is -1.96. The Kier molecular flexibility index (Phi) is 2.24. The van der Waals surface area contributed by atoms with E-state index in [2.05, 4.69) is 0 Å². The van der Waals surface area contributed by atoms with E-state index >= 15 is 0 Å². The molecule has 1 atom stereocenters. The molecule has 1 unspecified atom stereocenters. The van der Waals surface area contributed by atoms with Gasteiger partial charge in [-0.15, -0.1) is 0 Å². The molecule has 0 saturated carbocycles. The third-order valence-electron chi connectivity index (χ3n) is 1.15. The van der Waals surface area contributed by atoms with Gasteiger partial charge in [-0.1, -0.05) is 0 Å². The topological polar surface area (TPSA) is 38.8 Å². The van der Waals surface area contributed by atoms with Crippen molar-refractivity contribution >= 4 is 15.7 Å². The molecule has 0 amide bonds. The fraction of sp³-hybridized carbons (Fsp3) is 0.800. The van der Waals surface area contributed by atoms with Crippen molar-refractivity contribution in [1.29, 1.82) is 0 Å². The molecule has 0 aromatic heterocycles. The molecule has 1 aliphatic rings. The minimum absolute atomic E-state index is 0.151. The standard InChI is InChI=1S/C5H10O3Si/c1-4(6)8-9-3-5-2-7-5/h5H,2-3,9H2,1H3. The summed E-state index contributed by atoms with van der Waals surface area (Å²) in [6.07, 6.45) is 0.427. The first kappa shape index (κ1) is 6.76. The molecule has 52 valence electrons. The van der Waals surface area contributed by atoms with Crippen LogP contribution in [0.25, 0.3) is 0 Å². The zero-order valence-electron chi connectivity index (χ0n) is 5.42. The van der Waals surface area contributed by atoms with Crippen LogP contribution in [-0.4, -0.2) is 28.4 Å². The van der Waals surface area contributed by atoms with E-state index in [1.54, 1.807) is 0 Å². The van der Waals surface area contributed by atoms with E-state index in [4.69, 9.17) is 9.16 Å². The molecule has 1 saturated heterocycles. The fourth-order valence-corrected chi connectivity index (χ4v) is 1.57. The predicted molar refractivity (Wildman–Crippen MR) is 34.9 cm³/mol. The summed E-state index contributed by atoms with van der Waals surface area (Å²) in [4.78, 5) is 10.2. The maximum Gasteiger partial charge on any atom is 0.288 e. The van der Waals surface area contributed by atoms with Gasteiger partial charge in [0, 0.05) is 13.0 Å². The number of ether oxygens (including phenoxy) is 1. The first-order valence-corrected chi connectivity index (χ1v) is 4.62. The summed E-state index contributed by atoms with van der Waals surface area (Å²) in [5.41, 5.74) is 0. The largest absolute Gasteiger partial charge is 0.525 e. The second-order valence-electron chi connectivity index (χ2n) is 2.08. The SMILES string of the molecule is CC(=O)O[SiH2]CC1CO1. The van der Waals surface area contributed by atoms with Crippen LogP contribution in [0.15, 0.2) is 0 Å². The van der Waals surface area contributed by atoms with E-state index in [1.165, 1.54) is 6.92 Å². The van der Waals surface area contributed by atoms with Gasteiger partial charge in [0.1, 0.15) is 0 Å². The number of carbonyl (C=O) groups is 1. The first-order valence-electron chi connectivity index (χ1n) is 3.04. The second kappa shape index (κ2) is 2.98. The van der Waals surface area contributed by atoms with E-state index in [-0.39, 0.29) is 5.97 Å². The lowest BCUT2D eigenvalue weighted by molar-refractivity contribution is -0.131. The smallest absolute Gasteiger partial charge is 0.288 e. The molecule has 0 aromatic carbocycles. The normalized spacial score (nSPS) is 24.8. The number of rotatable bonds is 3. The third kappa shape index (κ3) is 3.26. The van der Waals surface area contributed by atoms with Crippen molar-refractivity contribution in [2.75, 3.05) is 6.61 Å². The van der Waals surface area contributed by atoms with Crippen LogP contribution in [0.3, 0.4) is 0 Å². The van der Waals surface area contributed by atoms with Crippen molar-refractivity contribution in [2.45, 2.75) is 19.1 Å². The molecular formula is C5H10O3Si. The Hall–Kier alpha value is -0.353. The summed E-state index contributed by atoms with van der Waals surface area (Å²) in [7, 11) is -0.596. The Morgan fingerprint density at radius 3 is 3.11 bits per heavy atom. The molecule has 0 N–H and O–H groups in total. The Labute approximate surface area is 56.3 Å². The molecule has 1 aliphatic heterocycles. The first-order chi connectivity index (χ1) is 4.29. The van der Waals surface area contributed by atoms with Gasteiger partial charge in [-0.3, -0.25) is 4.79 Å². The summed E-state index contributed by atoms with van der Waals surface area (Å²) in [6, 6.07) is 0.986. The molecule has 0 bridgehead atoms. The van der Waals surface area contributed by atoms with Gasteiger partial charge in [0.05, 0.1) is 12.7 Å². The van der Waals surface area contributed by atoms with E-state index in [0.717, 1.165) is 12.7 Å². The lowest BCUT2D eigenvalue weighted by atomic mass is 10.6. The number of hydrogen-bond acceptors (Lipinski definition) is 3. The van der Waals surface area contributed by atoms with E-state index in [0.29, 0.717) is 6.10 Å². The number of hydrogen-bond donors (Lipinski definition) is 0. The van der Waals surface area contributed by atoms with E-state index in [1.807, 2.05) is 0 Å². The average molecular weight is 146 g/mol. The molecule has 0 aromatic rings. The van der Waals surface area contributed by atoms with Crippen molar-refractivity contribution in [3.63, 3.8) is 0 Å². The highest BCUT2D eigenvalue weighted by atomic mass is 28.2. The molecule has 3 nitrogen and oxygen atoms in total. The fourth-order valence-electron chi connectivity index (χ4n) is 0.569. The van der Waals surface area contributed by atoms with Crippen molar-refractivity contribution in [3.8, 4) is 0 Å². The van der Waals surface area contributed by atoms with Gasteiger partial charge in [-0.05, 0) is 0 Å². The summed E-state index contributed by atoms with van der Waals surface area (Å²) in [5.74, 6) is -0.151. The summed E-state index contributed by atoms with van der Waals surface area (Å²) < 4.78 is 9.75. The second-order valence-corrected chi connectivity index (χ2v) is 3.36. The van der Waals surface area contributed by atoms with Crippen LogP contribution in [0, 0.1) is 0 Å². The van der Waals surface area contributed by atoms with Gasteiger partial charge < -0.3 is 9.16 Å². The molecule has 1 rings (SSSR count). The van der Waals surface area contributed by atoms with Crippen molar-refractivity contribution < 1.29 is 14.0 Å². The molecular weight excluding hydrogens is 136 g/mol. The van der Waals surface area contributed by atoms with Crippen molar-refractivity contribution in [3.05, 3.63) is 0 Å². The quantitative estimate of drug-likeness (QED) is 0.396. The predicted octanol–water partition coefficient (Wildman–Crippen LogP) is -0.550. The number of carbonyl (C=O) groups excluding carboxylic acids is 1. The maximum atomic E-state index is 10.2. The van der Waals surface area contributed by atoms with E-state index in [9.17, 15) is 4.79 Å². The van der Waals surface area contributed by atoms with Crippen molar-refractivity contribution in [2.24, 2.45) is 0 Å². The molecule has 9 heavy (non-hydrogen) atoms. The van der Waals surface area contributed by atoms with Gasteiger partial charge >= 0.3 is 0 Å². The molecule has 1 heterocycles. The molecule has 0 radical (unpaired) electrons. The minimum atomic E-state index is -0.596. The van der Waals surface area contributed by atoms with E-state index < -0.39 is 9.76 Å². The van der Waals surface area contributed by atoms with Gasteiger partial charge in [0.15, 0.2) is 0 Å². The Morgan fingerprint density at radius 2 is 2.67 bits per heavy atom. The monoisotopic (exact) mass is 146 g/mol. The van der Waals surface area contributed by atoms with Crippen LogP contribution >= 0.6 is 0 Å². The Bertz CT molecular complexity index is 111. The lowest BCUT2D eigenvalue weighted by Crippen LogP contribution is -2.05. The minimum Gasteiger partial charge on any atom is -0.525 e. The number of epoxide rings is 1. The van der Waals surface area contributed by atoms with Gasteiger partial charge in [-0.2, -0.15) is 0 Å². The highest BCUT2D eigenvalue weighted by Gasteiger charge is 2.22. The van der Waals surface area contributed by atoms with Crippen LogP contribution in [0.1, 0.15) is 6.92 Å². The summed E-state index contributed by atoms with van der Waals surface area (Å²) in [6.45, 7) is 2.31. The zero-order valence-corrected chi connectivity index (χ0v) is 6.84. The van der Waals surface area contributed by atoms with Crippen LogP contribution in [0.5, 0.6) is 0 Å². The Morgan fingerprint density at radius 1 is 2.00 bits per heavy atom. The van der Waals surface area contributed by atoms with Crippen LogP contribution < -0.4 is 0 Å². The molecule has 1 fully saturated rings. The zero-order chi connectivity index (χ0) is 6.69. The van der Waals surface area contributed by atoms with Crippen LogP contribution in [0.2, 0.25) is 6.04 Å². The van der Waals surface area contributed by atoms with Gasteiger partial charge in [0.25, 0.3) is 5.97 Å².